The van der Waals surface area contributed by atoms with Crippen molar-refractivity contribution in [3.05, 3.63) is 160 Å². The van der Waals surface area contributed by atoms with E-state index in [0.717, 1.165) is 29.7 Å². The molecule has 0 amide bonds. The maximum atomic E-state index is 7.52. The van der Waals surface area contributed by atoms with Gasteiger partial charge in [-0.05, 0) is 192 Å². The molecule has 7 aromatic carbocycles. The molecule has 0 radical (unpaired) electrons. The van der Waals surface area contributed by atoms with Crippen LogP contribution in [0.4, 0.5) is 27.8 Å². The summed E-state index contributed by atoms with van der Waals surface area (Å²) >= 11 is 1.99. The molecule has 0 bridgehead atoms. The topological polar surface area (TPSA) is 19.6 Å². The molecule has 3 nitrogen and oxygen atoms in total. The first-order valence-electron chi connectivity index (χ1n) is 27.5. The number of benzene rings is 7. The van der Waals surface area contributed by atoms with Crippen LogP contribution in [0.3, 0.4) is 0 Å². The van der Waals surface area contributed by atoms with Gasteiger partial charge in [-0.3, -0.25) is 0 Å². The predicted molar refractivity (Wildman–Crippen MR) is 321 cm³/mol. The third-order valence-electron chi connectivity index (χ3n) is 18.5. The minimum Gasteiger partial charge on any atom is -0.454 e. The highest BCUT2D eigenvalue weighted by Gasteiger charge is 2.50. The number of anilines is 5. The normalized spacial score (nSPS) is 18.1. The van der Waals surface area contributed by atoms with Gasteiger partial charge in [0.25, 0.3) is 0 Å². The first kappa shape index (κ1) is 47.7. The molecule has 2 aliphatic carbocycles. The van der Waals surface area contributed by atoms with Crippen LogP contribution in [0.25, 0.3) is 54.3 Å². The van der Waals surface area contributed by atoms with Crippen molar-refractivity contribution in [2.75, 3.05) is 9.71 Å². The Hall–Kier alpha value is -6.04. The summed E-state index contributed by atoms with van der Waals surface area (Å²) in [4.78, 5) is 5.41. The van der Waals surface area contributed by atoms with Crippen LogP contribution in [-0.2, 0) is 32.5 Å². The lowest BCUT2D eigenvalue weighted by atomic mass is 9.43. The Morgan fingerprint density at radius 2 is 1.09 bits per heavy atom. The number of thiophene rings is 1. The van der Waals surface area contributed by atoms with Gasteiger partial charge < -0.3 is 14.1 Å². The molecule has 0 unspecified atom stereocenters. The van der Waals surface area contributed by atoms with E-state index in [1.54, 1.807) is 0 Å². The van der Waals surface area contributed by atoms with E-state index in [-0.39, 0.29) is 39.3 Å². The fourth-order valence-electron chi connectivity index (χ4n) is 13.7. The van der Waals surface area contributed by atoms with Gasteiger partial charge in [0.15, 0.2) is 5.58 Å². The summed E-state index contributed by atoms with van der Waals surface area (Å²) < 4.78 is 8.88. The van der Waals surface area contributed by atoms with Crippen LogP contribution >= 0.6 is 11.3 Å². The number of aryl methyl sites for hydroxylation is 1. The quantitative estimate of drug-likeness (QED) is 0.165. The lowest BCUT2D eigenvalue weighted by Gasteiger charge is -2.45. The molecular formula is C69H73BN2OS. The van der Waals surface area contributed by atoms with E-state index in [1.165, 1.54) is 128 Å². The van der Waals surface area contributed by atoms with Gasteiger partial charge in [-0.1, -0.05) is 158 Å². The Kier molecular flexibility index (Phi) is 10.0. The minimum absolute atomic E-state index is 0.00302. The lowest BCUT2D eigenvalue weighted by molar-refractivity contribution is 0.332. The number of fused-ring (bicyclic) bond motifs is 12. The SMILES string of the molecule is Cc1cc2c3c(c1)N(c1ccc(C(C)(C)C)cc1-c1ccccc1)c1sc4cc5c(cc4c1B3N(c1ccc(C(C)(C)C)cc1)c1c-2ccc2c1oc1cc3c(cc12)C(C)(C)CCC3(C)C)C(C)(C)CCC5(C)C. The standard InChI is InChI=1S/C69H73BN2OS/c1-40-33-49-45-26-27-46-48-36-51-53(68(12,13)31-29-66(51,8)9)38-57(48)73-62(46)61(45)72(44-24-21-42(22-25-44)64(2,3)4)70-59(49)56(34-40)71(55-28-23-43(65(5,6)7)35-47(55)41-19-17-16-18-20-41)63-60(70)50-37-52-54(39-58(50)74-63)69(14,15)32-30-67(52,10)11/h16-28,33-39H,29-32H2,1-15H3. The zero-order chi connectivity index (χ0) is 52.0. The van der Waals surface area contributed by atoms with Crippen molar-refractivity contribution in [3.8, 4) is 22.3 Å². The van der Waals surface area contributed by atoms with Gasteiger partial charge in [0, 0.05) is 38.0 Å². The minimum atomic E-state index is -0.162. The molecule has 5 heteroatoms. The van der Waals surface area contributed by atoms with Crippen molar-refractivity contribution >= 4 is 88.9 Å². The molecule has 0 fully saturated rings. The molecule has 0 saturated heterocycles. The third-order valence-corrected chi connectivity index (χ3v) is 19.7. The average molecular weight is 989 g/mol. The fourth-order valence-corrected chi connectivity index (χ4v) is 15.0. The molecule has 2 aromatic heterocycles. The first-order valence-corrected chi connectivity index (χ1v) is 28.3. The summed E-state index contributed by atoms with van der Waals surface area (Å²) in [5.41, 5.74) is 24.5. The lowest BCUT2D eigenvalue weighted by Crippen LogP contribution is -2.61. The van der Waals surface area contributed by atoms with Gasteiger partial charge in [0.1, 0.15) is 5.58 Å². The summed E-state index contributed by atoms with van der Waals surface area (Å²) in [6.07, 6.45) is 4.66. The summed E-state index contributed by atoms with van der Waals surface area (Å²) in [5.74, 6) is 0. The summed E-state index contributed by atoms with van der Waals surface area (Å²) in [7, 11) is 0. The van der Waals surface area contributed by atoms with E-state index >= 15 is 0 Å². The Bertz CT molecular complexity index is 3830. The molecule has 2 aliphatic heterocycles. The van der Waals surface area contributed by atoms with E-state index < -0.39 is 0 Å². The van der Waals surface area contributed by atoms with Crippen LogP contribution in [-0.4, -0.2) is 6.85 Å². The van der Waals surface area contributed by atoms with Gasteiger partial charge in [-0.2, -0.15) is 0 Å². The number of rotatable bonds is 3. The summed E-state index contributed by atoms with van der Waals surface area (Å²) in [6, 6.07) is 48.0. The molecule has 0 atom stereocenters. The van der Waals surface area contributed by atoms with E-state index in [2.05, 4.69) is 235 Å². The molecule has 0 N–H and O–H groups in total. The molecule has 4 aliphatic rings. The van der Waals surface area contributed by atoms with Crippen molar-refractivity contribution in [1.29, 1.82) is 0 Å². The molecular weight excluding hydrogens is 916 g/mol. The van der Waals surface area contributed by atoms with E-state index in [0.29, 0.717) is 0 Å². The average Bonchev–Trinajstić information content (AvgIpc) is 3.96. The summed E-state index contributed by atoms with van der Waals surface area (Å²) in [5, 5.41) is 5.06. The molecule has 0 saturated carbocycles. The molecule has 374 valence electrons. The number of hydrogen-bond acceptors (Lipinski definition) is 4. The smallest absolute Gasteiger partial charge is 0.334 e. The second-order valence-corrected chi connectivity index (χ2v) is 28.6. The number of nitrogens with zero attached hydrogens (tertiary/aromatic N) is 2. The van der Waals surface area contributed by atoms with Crippen LogP contribution in [0.5, 0.6) is 0 Å². The van der Waals surface area contributed by atoms with E-state index in [1.807, 2.05) is 11.3 Å². The van der Waals surface area contributed by atoms with Crippen molar-refractivity contribution in [2.24, 2.45) is 0 Å². The van der Waals surface area contributed by atoms with Gasteiger partial charge in [0.05, 0.1) is 16.4 Å². The highest BCUT2D eigenvalue weighted by Crippen LogP contribution is 2.57. The Morgan fingerprint density at radius 3 is 1.72 bits per heavy atom. The van der Waals surface area contributed by atoms with Gasteiger partial charge in [0.2, 0.25) is 0 Å². The van der Waals surface area contributed by atoms with Gasteiger partial charge >= 0.3 is 6.85 Å². The van der Waals surface area contributed by atoms with Crippen molar-refractivity contribution in [1.82, 2.24) is 0 Å². The van der Waals surface area contributed by atoms with Crippen LogP contribution in [0.15, 0.2) is 126 Å². The summed E-state index contributed by atoms with van der Waals surface area (Å²) in [6.45, 7) is 35.7. The molecule has 9 aromatic rings. The Labute approximate surface area is 445 Å². The van der Waals surface area contributed by atoms with E-state index in [4.69, 9.17) is 4.42 Å². The molecule has 0 spiro atoms. The molecule has 4 heterocycles. The van der Waals surface area contributed by atoms with Crippen LogP contribution in [0, 0.1) is 6.92 Å². The zero-order valence-electron chi connectivity index (χ0n) is 46.7. The first-order chi connectivity index (χ1) is 34.8. The van der Waals surface area contributed by atoms with Crippen LogP contribution in [0.1, 0.15) is 162 Å². The van der Waals surface area contributed by atoms with Crippen molar-refractivity contribution in [2.45, 2.75) is 162 Å². The zero-order valence-corrected chi connectivity index (χ0v) is 47.5. The highest BCUT2D eigenvalue weighted by molar-refractivity contribution is 7.26. The number of furan rings is 1. The second-order valence-electron chi connectivity index (χ2n) is 27.6. The Morgan fingerprint density at radius 1 is 0.514 bits per heavy atom. The maximum Gasteiger partial charge on any atom is 0.334 e. The van der Waals surface area contributed by atoms with Crippen molar-refractivity contribution < 1.29 is 4.42 Å². The molecule has 13 rings (SSSR count). The monoisotopic (exact) mass is 989 g/mol. The van der Waals surface area contributed by atoms with Crippen LogP contribution in [0.2, 0.25) is 0 Å². The third kappa shape index (κ3) is 6.96. The predicted octanol–water partition coefficient (Wildman–Crippen LogP) is 18.8. The maximum absolute atomic E-state index is 7.52. The highest BCUT2D eigenvalue weighted by atomic mass is 32.1. The van der Waals surface area contributed by atoms with Crippen LogP contribution < -0.4 is 20.6 Å². The second kappa shape index (κ2) is 15.5. The van der Waals surface area contributed by atoms with E-state index in [9.17, 15) is 0 Å². The van der Waals surface area contributed by atoms with Gasteiger partial charge in [-0.25, -0.2) is 0 Å². The van der Waals surface area contributed by atoms with Crippen molar-refractivity contribution in [3.63, 3.8) is 0 Å². The fraction of sp³-hybridized carbons (Fsp3) is 0.362. The molecule has 74 heavy (non-hydrogen) atoms. The van der Waals surface area contributed by atoms with Gasteiger partial charge in [-0.15, -0.1) is 11.3 Å². The number of hydrogen-bond donors (Lipinski definition) is 0. The Balaban J connectivity index is 1.19. The largest absolute Gasteiger partial charge is 0.454 e.